The van der Waals surface area contributed by atoms with Crippen molar-refractivity contribution in [3.8, 4) is 5.75 Å². The normalized spacial score (nSPS) is 19.1. The van der Waals surface area contributed by atoms with Crippen LogP contribution < -0.4 is 20.3 Å². The third-order valence-electron chi connectivity index (χ3n) is 5.62. The molecular formula is C23H26ClN3O3. The Morgan fingerprint density at radius 3 is 2.60 bits per heavy atom. The van der Waals surface area contributed by atoms with Gasteiger partial charge in [0, 0.05) is 16.8 Å². The van der Waals surface area contributed by atoms with Gasteiger partial charge in [-0.05, 0) is 55.7 Å². The van der Waals surface area contributed by atoms with Crippen LogP contribution in [0.25, 0.3) is 0 Å². The van der Waals surface area contributed by atoms with Crippen LogP contribution >= 0.6 is 11.6 Å². The lowest BCUT2D eigenvalue weighted by atomic mass is 9.96. The van der Waals surface area contributed by atoms with E-state index in [4.69, 9.17) is 16.3 Å². The van der Waals surface area contributed by atoms with Gasteiger partial charge >= 0.3 is 6.03 Å². The molecule has 30 heavy (non-hydrogen) atoms. The molecule has 1 atom stereocenters. The highest BCUT2D eigenvalue weighted by Crippen LogP contribution is 2.37. The van der Waals surface area contributed by atoms with Crippen molar-refractivity contribution in [1.29, 1.82) is 0 Å². The highest BCUT2D eigenvalue weighted by atomic mass is 35.5. The molecule has 0 saturated heterocycles. The molecule has 1 unspecified atom stereocenters. The second kappa shape index (κ2) is 8.96. The molecule has 158 valence electrons. The fourth-order valence-electron chi connectivity index (χ4n) is 4.02. The fraction of sp³-hybridized carbons (Fsp3) is 0.391. The maximum absolute atomic E-state index is 12.8. The van der Waals surface area contributed by atoms with Crippen molar-refractivity contribution in [2.45, 2.75) is 57.7 Å². The SMILES string of the molecule is CC1Oc2ccc(NC(=O)NC3CCCCC3)cc2N(Cc2ccc(Cl)cc2)C1=O. The number of ether oxygens (including phenoxy) is 1. The number of amides is 3. The Balaban J connectivity index is 1.52. The Bertz CT molecular complexity index is 926. The average Bonchev–Trinajstić information content (AvgIpc) is 2.74. The summed E-state index contributed by atoms with van der Waals surface area (Å²) < 4.78 is 5.77. The van der Waals surface area contributed by atoms with E-state index in [1.54, 1.807) is 42.2 Å². The molecule has 2 aromatic carbocycles. The quantitative estimate of drug-likeness (QED) is 0.712. The first-order valence-corrected chi connectivity index (χ1v) is 10.8. The molecule has 0 bridgehead atoms. The number of nitrogens with zero attached hydrogens (tertiary/aromatic N) is 1. The predicted octanol–water partition coefficient (Wildman–Crippen LogP) is 5.11. The highest BCUT2D eigenvalue weighted by molar-refractivity contribution is 6.30. The number of halogens is 1. The lowest BCUT2D eigenvalue weighted by molar-refractivity contribution is -0.125. The summed E-state index contributed by atoms with van der Waals surface area (Å²) >= 11 is 5.98. The van der Waals surface area contributed by atoms with Gasteiger partial charge in [0.2, 0.25) is 0 Å². The number of hydrogen-bond donors (Lipinski definition) is 2. The van der Waals surface area contributed by atoms with E-state index in [9.17, 15) is 9.59 Å². The van der Waals surface area contributed by atoms with E-state index in [0.717, 1.165) is 31.2 Å². The summed E-state index contributed by atoms with van der Waals surface area (Å²) in [6.45, 7) is 2.14. The van der Waals surface area contributed by atoms with Crippen molar-refractivity contribution >= 4 is 34.9 Å². The van der Waals surface area contributed by atoms with Crippen molar-refractivity contribution < 1.29 is 14.3 Å². The fourth-order valence-corrected chi connectivity index (χ4v) is 4.15. The molecule has 0 spiro atoms. The Labute approximate surface area is 181 Å². The van der Waals surface area contributed by atoms with E-state index < -0.39 is 6.10 Å². The van der Waals surface area contributed by atoms with Crippen LogP contribution in [0.15, 0.2) is 42.5 Å². The van der Waals surface area contributed by atoms with Crippen molar-refractivity contribution in [2.75, 3.05) is 10.2 Å². The minimum atomic E-state index is -0.571. The summed E-state index contributed by atoms with van der Waals surface area (Å²) in [6, 6.07) is 12.8. The van der Waals surface area contributed by atoms with Gasteiger partial charge in [-0.25, -0.2) is 4.79 Å². The van der Waals surface area contributed by atoms with Crippen LogP contribution in [0.1, 0.15) is 44.6 Å². The number of hydrogen-bond acceptors (Lipinski definition) is 3. The second-order valence-corrected chi connectivity index (χ2v) is 8.36. The summed E-state index contributed by atoms with van der Waals surface area (Å²) in [6.07, 6.45) is 5.01. The van der Waals surface area contributed by atoms with E-state index in [0.29, 0.717) is 28.7 Å². The molecule has 1 fully saturated rings. The first kappa shape index (κ1) is 20.5. The second-order valence-electron chi connectivity index (χ2n) is 7.93. The van der Waals surface area contributed by atoms with Crippen LogP contribution in [0.3, 0.4) is 0 Å². The Hall–Kier alpha value is -2.73. The van der Waals surface area contributed by atoms with Crippen LogP contribution in [-0.2, 0) is 11.3 Å². The molecule has 7 heteroatoms. The first-order chi connectivity index (χ1) is 14.5. The minimum Gasteiger partial charge on any atom is -0.479 e. The number of fused-ring (bicyclic) bond motifs is 1. The molecule has 3 amide bonds. The largest absolute Gasteiger partial charge is 0.479 e. The summed E-state index contributed by atoms with van der Waals surface area (Å²) in [5, 5.41) is 6.59. The van der Waals surface area contributed by atoms with Gasteiger partial charge in [-0.2, -0.15) is 0 Å². The third kappa shape index (κ3) is 4.70. The molecule has 2 aliphatic rings. The van der Waals surface area contributed by atoms with Crippen LogP contribution in [0.5, 0.6) is 5.75 Å². The first-order valence-electron chi connectivity index (χ1n) is 10.4. The van der Waals surface area contributed by atoms with Crippen LogP contribution in [0.2, 0.25) is 5.02 Å². The third-order valence-corrected chi connectivity index (χ3v) is 5.87. The lowest BCUT2D eigenvalue weighted by Gasteiger charge is -2.33. The Kier molecular flexibility index (Phi) is 6.13. The van der Waals surface area contributed by atoms with E-state index in [1.807, 2.05) is 12.1 Å². The smallest absolute Gasteiger partial charge is 0.319 e. The molecule has 2 N–H and O–H groups in total. The molecule has 2 aromatic rings. The van der Waals surface area contributed by atoms with E-state index in [-0.39, 0.29) is 18.0 Å². The van der Waals surface area contributed by atoms with Crippen molar-refractivity contribution in [3.05, 3.63) is 53.1 Å². The zero-order chi connectivity index (χ0) is 21.1. The van der Waals surface area contributed by atoms with Gasteiger partial charge in [0.15, 0.2) is 6.10 Å². The molecule has 1 saturated carbocycles. The maximum atomic E-state index is 12.8. The van der Waals surface area contributed by atoms with E-state index >= 15 is 0 Å². The van der Waals surface area contributed by atoms with Crippen molar-refractivity contribution in [1.82, 2.24) is 5.32 Å². The van der Waals surface area contributed by atoms with Crippen molar-refractivity contribution in [3.63, 3.8) is 0 Å². The van der Waals surface area contributed by atoms with Gasteiger partial charge < -0.3 is 20.3 Å². The molecule has 0 aromatic heterocycles. The highest BCUT2D eigenvalue weighted by Gasteiger charge is 2.32. The van der Waals surface area contributed by atoms with Gasteiger partial charge in [-0.15, -0.1) is 0 Å². The van der Waals surface area contributed by atoms with Crippen LogP contribution in [-0.4, -0.2) is 24.1 Å². The summed E-state index contributed by atoms with van der Waals surface area (Å²) in [5.41, 5.74) is 2.22. The summed E-state index contributed by atoms with van der Waals surface area (Å²) in [4.78, 5) is 26.9. The number of nitrogens with one attached hydrogen (secondary N) is 2. The zero-order valence-electron chi connectivity index (χ0n) is 17.0. The van der Waals surface area contributed by atoms with E-state index in [1.165, 1.54) is 6.42 Å². The number of carbonyl (C=O) groups is 2. The summed E-state index contributed by atoms with van der Waals surface area (Å²) in [7, 11) is 0. The van der Waals surface area contributed by atoms with Gasteiger partial charge in [0.25, 0.3) is 5.91 Å². The van der Waals surface area contributed by atoms with Crippen molar-refractivity contribution in [2.24, 2.45) is 0 Å². The number of benzene rings is 2. The number of urea groups is 1. The van der Waals surface area contributed by atoms with Crippen LogP contribution in [0, 0.1) is 0 Å². The average molecular weight is 428 g/mol. The standard InChI is InChI=1S/C23H26ClN3O3/c1-15-22(28)27(14-16-7-9-17(24)10-8-16)20-13-19(11-12-21(20)30-15)26-23(29)25-18-5-3-2-4-6-18/h7-13,15,18H,2-6,14H2,1H3,(H2,25,26,29). The minimum absolute atomic E-state index is 0.124. The molecule has 1 aliphatic heterocycles. The van der Waals surface area contributed by atoms with Gasteiger partial charge in [-0.3, -0.25) is 4.79 Å². The topological polar surface area (TPSA) is 70.7 Å². The molecule has 4 rings (SSSR count). The molecule has 0 radical (unpaired) electrons. The molecular weight excluding hydrogens is 402 g/mol. The van der Waals surface area contributed by atoms with Crippen LogP contribution in [0.4, 0.5) is 16.2 Å². The predicted molar refractivity (Wildman–Crippen MR) is 118 cm³/mol. The number of rotatable bonds is 4. The Morgan fingerprint density at radius 1 is 1.13 bits per heavy atom. The summed E-state index contributed by atoms with van der Waals surface area (Å²) in [5.74, 6) is 0.496. The number of anilines is 2. The maximum Gasteiger partial charge on any atom is 0.319 e. The van der Waals surface area contributed by atoms with E-state index in [2.05, 4.69) is 10.6 Å². The molecule has 1 heterocycles. The Morgan fingerprint density at radius 2 is 1.87 bits per heavy atom. The van der Waals surface area contributed by atoms with Gasteiger partial charge in [0.05, 0.1) is 12.2 Å². The lowest BCUT2D eigenvalue weighted by Crippen LogP contribution is -2.44. The van der Waals surface area contributed by atoms with Gasteiger partial charge in [-0.1, -0.05) is 43.0 Å². The zero-order valence-corrected chi connectivity index (χ0v) is 17.7. The number of carbonyl (C=O) groups excluding carboxylic acids is 2. The monoisotopic (exact) mass is 427 g/mol. The molecule has 6 nitrogen and oxygen atoms in total. The molecule has 1 aliphatic carbocycles. The van der Waals surface area contributed by atoms with Gasteiger partial charge in [0.1, 0.15) is 5.75 Å².